The Morgan fingerprint density at radius 3 is 2.67 bits per heavy atom. The molecular formula is C8H13N3O. The Kier molecular flexibility index (Phi) is 3.35. The van der Waals surface area contributed by atoms with Crippen LogP contribution in [-0.2, 0) is 4.79 Å². The summed E-state index contributed by atoms with van der Waals surface area (Å²) in [4.78, 5) is 11.1. The Labute approximate surface area is 71.3 Å². The summed E-state index contributed by atoms with van der Waals surface area (Å²) in [5.41, 5.74) is 7.94. The molecule has 12 heavy (non-hydrogen) atoms. The maximum Gasteiger partial charge on any atom is 0.238 e. The lowest BCUT2D eigenvalue weighted by Crippen LogP contribution is -2.21. The van der Waals surface area contributed by atoms with Crippen LogP contribution in [0.25, 0.3) is 0 Å². The number of nitrogens with zero attached hydrogens (tertiary/aromatic N) is 1. The van der Waals surface area contributed by atoms with Gasteiger partial charge in [0.2, 0.25) is 5.91 Å². The zero-order valence-electron chi connectivity index (χ0n) is 6.86. The van der Waals surface area contributed by atoms with Gasteiger partial charge in [-0.2, -0.15) is 0 Å². The molecule has 0 fully saturated rings. The number of nitrogens with one attached hydrogen (secondary N) is 1. The molecule has 0 aliphatic rings. The van der Waals surface area contributed by atoms with Crippen LogP contribution in [0.4, 0.5) is 0 Å². The molecule has 0 spiro atoms. The summed E-state index contributed by atoms with van der Waals surface area (Å²) in [6, 6.07) is 3.70. The zero-order valence-corrected chi connectivity index (χ0v) is 6.86. The van der Waals surface area contributed by atoms with Crippen molar-refractivity contribution in [3.63, 3.8) is 0 Å². The van der Waals surface area contributed by atoms with Crippen molar-refractivity contribution in [2.24, 2.45) is 5.73 Å². The van der Waals surface area contributed by atoms with Crippen molar-refractivity contribution in [2.45, 2.75) is 12.8 Å². The van der Waals surface area contributed by atoms with Crippen molar-refractivity contribution < 1.29 is 4.79 Å². The highest BCUT2D eigenvalue weighted by Crippen LogP contribution is 1.89. The minimum Gasteiger partial charge on any atom is -0.330 e. The third-order valence-electron chi connectivity index (χ3n) is 1.47. The van der Waals surface area contributed by atoms with Crippen LogP contribution in [0.3, 0.4) is 0 Å². The third kappa shape index (κ3) is 2.75. The van der Waals surface area contributed by atoms with Crippen molar-refractivity contribution in [2.75, 3.05) is 12.0 Å². The quantitative estimate of drug-likeness (QED) is 0.677. The van der Waals surface area contributed by atoms with Gasteiger partial charge in [-0.15, -0.1) is 0 Å². The molecule has 1 amide bonds. The molecule has 1 rings (SSSR count). The maximum absolute atomic E-state index is 11.1. The van der Waals surface area contributed by atoms with Crippen LogP contribution in [0.1, 0.15) is 12.8 Å². The molecule has 0 aliphatic carbocycles. The van der Waals surface area contributed by atoms with Gasteiger partial charge >= 0.3 is 0 Å². The summed E-state index contributed by atoms with van der Waals surface area (Å²) in [6.07, 6.45) is 4.77. The van der Waals surface area contributed by atoms with Crippen molar-refractivity contribution in [3.05, 3.63) is 24.5 Å². The first-order valence-corrected chi connectivity index (χ1v) is 3.96. The first-order valence-electron chi connectivity index (χ1n) is 3.96. The molecule has 1 heterocycles. The van der Waals surface area contributed by atoms with Crippen molar-refractivity contribution in [1.29, 1.82) is 0 Å². The molecule has 1 aromatic heterocycles. The summed E-state index contributed by atoms with van der Waals surface area (Å²) in [6.45, 7) is 0.555. The minimum absolute atomic E-state index is 0.00310. The summed E-state index contributed by atoms with van der Waals surface area (Å²) in [7, 11) is 0. The van der Waals surface area contributed by atoms with Gasteiger partial charge in [0.15, 0.2) is 0 Å². The van der Waals surface area contributed by atoms with Gasteiger partial charge in [-0.05, 0) is 25.1 Å². The summed E-state index contributed by atoms with van der Waals surface area (Å²) in [5.74, 6) is -0.00310. The molecule has 4 nitrogen and oxygen atoms in total. The highest BCUT2D eigenvalue weighted by atomic mass is 16.2. The summed E-state index contributed by atoms with van der Waals surface area (Å²) < 4.78 is 1.62. The van der Waals surface area contributed by atoms with E-state index in [9.17, 15) is 4.79 Å². The van der Waals surface area contributed by atoms with Gasteiger partial charge in [0.05, 0.1) is 0 Å². The van der Waals surface area contributed by atoms with Crippen LogP contribution in [0.2, 0.25) is 0 Å². The molecule has 3 N–H and O–H groups in total. The Hall–Kier alpha value is -1.29. The molecule has 0 saturated carbocycles. The van der Waals surface area contributed by atoms with E-state index in [1.165, 1.54) is 0 Å². The normalized spacial score (nSPS) is 9.75. The number of amides is 1. The fourth-order valence-corrected chi connectivity index (χ4v) is 0.872. The van der Waals surface area contributed by atoms with Crippen LogP contribution >= 0.6 is 0 Å². The molecule has 0 atom stereocenters. The van der Waals surface area contributed by atoms with Crippen LogP contribution < -0.4 is 11.2 Å². The number of hydrogen-bond acceptors (Lipinski definition) is 2. The number of carbonyl (C=O) groups is 1. The van der Waals surface area contributed by atoms with Gasteiger partial charge in [0, 0.05) is 18.8 Å². The van der Waals surface area contributed by atoms with Gasteiger partial charge < -0.3 is 5.73 Å². The minimum atomic E-state index is -0.00310. The van der Waals surface area contributed by atoms with Crippen LogP contribution in [-0.4, -0.2) is 17.1 Å². The smallest absolute Gasteiger partial charge is 0.238 e. The molecule has 0 radical (unpaired) electrons. The van der Waals surface area contributed by atoms with Gasteiger partial charge in [-0.1, -0.05) is 0 Å². The molecule has 0 aliphatic heterocycles. The number of rotatable bonds is 4. The van der Waals surface area contributed by atoms with Crippen molar-refractivity contribution >= 4 is 5.91 Å². The Morgan fingerprint density at radius 1 is 1.42 bits per heavy atom. The average Bonchev–Trinajstić information content (AvgIpc) is 2.53. The van der Waals surface area contributed by atoms with E-state index in [1.54, 1.807) is 17.1 Å². The van der Waals surface area contributed by atoms with Crippen LogP contribution in [0.5, 0.6) is 0 Å². The molecule has 4 heteroatoms. The van der Waals surface area contributed by atoms with E-state index >= 15 is 0 Å². The summed E-state index contributed by atoms with van der Waals surface area (Å²) >= 11 is 0. The molecule has 0 unspecified atom stereocenters. The molecule has 0 saturated heterocycles. The van der Waals surface area contributed by atoms with E-state index in [1.807, 2.05) is 12.1 Å². The second-order valence-electron chi connectivity index (χ2n) is 2.52. The fourth-order valence-electron chi connectivity index (χ4n) is 0.872. The number of hydrogen-bond donors (Lipinski definition) is 2. The van der Waals surface area contributed by atoms with Gasteiger partial charge in [-0.25, -0.2) is 0 Å². The second-order valence-corrected chi connectivity index (χ2v) is 2.52. The Bertz CT molecular complexity index is 230. The molecule has 1 aromatic rings. The van der Waals surface area contributed by atoms with Crippen LogP contribution in [0, 0.1) is 0 Å². The predicted octanol–water partition coefficient (Wildman–Crippen LogP) is 0.297. The highest BCUT2D eigenvalue weighted by molar-refractivity contribution is 5.83. The maximum atomic E-state index is 11.1. The lowest BCUT2D eigenvalue weighted by atomic mass is 10.3. The Balaban J connectivity index is 2.27. The van der Waals surface area contributed by atoms with Gasteiger partial charge in [-0.3, -0.25) is 14.9 Å². The van der Waals surface area contributed by atoms with Gasteiger partial charge in [0.1, 0.15) is 0 Å². The number of aromatic nitrogens is 1. The third-order valence-corrected chi connectivity index (χ3v) is 1.47. The lowest BCUT2D eigenvalue weighted by molar-refractivity contribution is -0.117. The first kappa shape index (κ1) is 8.80. The standard InChI is InChI=1S/C8H13N3O/c9-5-3-4-8(12)10-11-6-1-2-7-11/h1-2,6-7H,3-5,9H2,(H,10,12). The monoisotopic (exact) mass is 167 g/mol. The Morgan fingerprint density at radius 2 is 2.08 bits per heavy atom. The molecule has 0 aromatic carbocycles. The zero-order chi connectivity index (χ0) is 8.81. The van der Waals surface area contributed by atoms with Crippen LogP contribution in [0.15, 0.2) is 24.5 Å². The van der Waals surface area contributed by atoms with E-state index < -0.39 is 0 Å². The lowest BCUT2D eigenvalue weighted by Gasteiger charge is -2.04. The summed E-state index contributed by atoms with van der Waals surface area (Å²) in [5, 5.41) is 0. The number of carbonyl (C=O) groups excluding carboxylic acids is 1. The van der Waals surface area contributed by atoms with E-state index in [0.717, 1.165) is 6.42 Å². The van der Waals surface area contributed by atoms with E-state index in [4.69, 9.17) is 5.73 Å². The van der Waals surface area contributed by atoms with E-state index in [-0.39, 0.29) is 5.91 Å². The fraction of sp³-hybridized carbons (Fsp3) is 0.375. The molecular weight excluding hydrogens is 154 g/mol. The molecule has 66 valence electrons. The van der Waals surface area contributed by atoms with Crippen molar-refractivity contribution in [3.8, 4) is 0 Å². The van der Waals surface area contributed by atoms with E-state index in [2.05, 4.69) is 5.43 Å². The second kappa shape index (κ2) is 4.56. The first-order chi connectivity index (χ1) is 5.83. The SMILES string of the molecule is NCCCC(=O)Nn1cccc1. The van der Waals surface area contributed by atoms with Gasteiger partial charge in [0.25, 0.3) is 0 Å². The average molecular weight is 167 g/mol. The topological polar surface area (TPSA) is 60.1 Å². The molecule has 0 bridgehead atoms. The van der Waals surface area contributed by atoms with E-state index in [0.29, 0.717) is 13.0 Å². The van der Waals surface area contributed by atoms with Crippen molar-refractivity contribution in [1.82, 2.24) is 4.68 Å². The highest BCUT2D eigenvalue weighted by Gasteiger charge is 1.98. The largest absolute Gasteiger partial charge is 0.330 e. The predicted molar refractivity (Wildman–Crippen MR) is 47.1 cm³/mol. The number of nitrogens with two attached hydrogens (primary N) is 1.